The molecule has 0 aliphatic carbocycles. The largest absolute Gasteiger partial charge is 0.504 e. The van der Waals surface area contributed by atoms with Crippen LogP contribution in [0.1, 0.15) is 23.6 Å². The predicted octanol–water partition coefficient (Wildman–Crippen LogP) is 2.55. The highest BCUT2D eigenvalue weighted by Gasteiger charge is 2.22. The first-order valence-electron chi connectivity index (χ1n) is 7.18. The molecule has 0 saturated carbocycles. The fraction of sp³-hybridized carbons (Fsp3) is 0.235. The molecule has 0 unspecified atom stereocenters. The third-order valence-corrected chi connectivity index (χ3v) is 3.87. The number of hydrazone groups is 1. The van der Waals surface area contributed by atoms with Crippen LogP contribution in [0.3, 0.4) is 0 Å². The Morgan fingerprint density at radius 3 is 2.48 bits per heavy atom. The van der Waals surface area contributed by atoms with Crippen LogP contribution in [0.25, 0.3) is 0 Å². The topological polar surface area (TPSA) is 83.3 Å². The average molecular weight is 314 g/mol. The van der Waals surface area contributed by atoms with Gasteiger partial charge in [-0.1, -0.05) is 6.07 Å². The molecule has 6 heteroatoms. The summed E-state index contributed by atoms with van der Waals surface area (Å²) in [6.07, 6.45) is 0.666. The van der Waals surface area contributed by atoms with Crippen molar-refractivity contribution in [2.24, 2.45) is 5.10 Å². The van der Waals surface area contributed by atoms with Gasteiger partial charge in [0, 0.05) is 12.0 Å². The smallest absolute Gasteiger partial charge is 0.161 e. The standard InChI is InChI=1S/C17H18N2O4/c1-22-16-6-4-11(8-17(16)23-2)13-9-12(18-19-13)10-3-5-14(20)15(21)7-10/h3-8,12,18,20-21H,9H2,1-2H3/t12-/m1/s1. The van der Waals surface area contributed by atoms with Crippen LogP contribution < -0.4 is 14.9 Å². The number of benzene rings is 2. The van der Waals surface area contributed by atoms with Gasteiger partial charge in [-0.3, -0.25) is 0 Å². The lowest BCUT2D eigenvalue weighted by molar-refractivity contribution is 0.355. The molecular weight excluding hydrogens is 296 g/mol. The van der Waals surface area contributed by atoms with Gasteiger partial charge in [-0.25, -0.2) is 0 Å². The fourth-order valence-electron chi connectivity index (χ4n) is 2.59. The summed E-state index contributed by atoms with van der Waals surface area (Å²) in [6.45, 7) is 0. The summed E-state index contributed by atoms with van der Waals surface area (Å²) in [6, 6.07) is 10.4. The molecule has 0 bridgehead atoms. The van der Waals surface area contributed by atoms with Crippen LogP contribution in [0.5, 0.6) is 23.0 Å². The molecule has 3 N–H and O–H groups in total. The summed E-state index contributed by atoms with van der Waals surface area (Å²) in [7, 11) is 3.19. The lowest BCUT2D eigenvalue weighted by Gasteiger charge is -2.11. The van der Waals surface area contributed by atoms with Crippen LogP contribution >= 0.6 is 0 Å². The first-order valence-corrected chi connectivity index (χ1v) is 7.18. The SMILES string of the molecule is COc1ccc(C2=NN[C@@H](c3ccc(O)c(O)c3)C2)cc1OC. The molecule has 23 heavy (non-hydrogen) atoms. The van der Waals surface area contributed by atoms with E-state index in [-0.39, 0.29) is 17.5 Å². The number of methoxy groups -OCH3 is 2. The Kier molecular flexibility index (Phi) is 3.97. The maximum Gasteiger partial charge on any atom is 0.161 e. The van der Waals surface area contributed by atoms with Crippen molar-refractivity contribution in [1.29, 1.82) is 0 Å². The van der Waals surface area contributed by atoms with Gasteiger partial charge in [0.05, 0.1) is 26.0 Å². The lowest BCUT2D eigenvalue weighted by atomic mass is 9.98. The van der Waals surface area contributed by atoms with Crippen LogP contribution in [0, 0.1) is 0 Å². The van der Waals surface area contributed by atoms with Gasteiger partial charge >= 0.3 is 0 Å². The van der Waals surface area contributed by atoms with Crippen molar-refractivity contribution in [2.75, 3.05) is 14.2 Å². The molecule has 0 aromatic heterocycles. The Morgan fingerprint density at radius 1 is 1.00 bits per heavy atom. The van der Waals surface area contributed by atoms with E-state index >= 15 is 0 Å². The van der Waals surface area contributed by atoms with Crippen LogP contribution in [0.2, 0.25) is 0 Å². The van der Waals surface area contributed by atoms with Crippen LogP contribution in [-0.2, 0) is 0 Å². The second-order valence-corrected chi connectivity index (χ2v) is 5.26. The van der Waals surface area contributed by atoms with E-state index in [4.69, 9.17) is 9.47 Å². The summed E-state index contributed by atoms with van der Waals surface area (Å²) in [5, 5.41) is 23.4. The Hall–Kier alpha value is -2.89. The zero-order valence-electron chi connectivity index (χ0n) is 12.9. The van der Waals surface area contributed by atoms with Crippen molar-refractivity contribution >= 4 is 5.71 Å². The number of phenols is 2. The molecule has 6 nitrogen and oxygen atoms in total. The molecule has 0 spiro atoms. The molecule has 2 aromatic rings. The van der Waals surface area contributed by atoms with Gasteiger partial charge in [0.2, 0.25) is 0 Å². The highest BCUT2D eigenvalue weighted by Crippen LogP contribution is 2.33. The van der Waals surface area contributed by atoms with E-state index in [1.54, 1.807) is 26.4 Å². The quantitative estimate of drug-likeness (QED) is 0.755. The number of hydrogen-bond donors (Lipinski definition) is 3. The molecule has 2 aromatic carbocycles. The van der Waals surface area contributed by atoms with Crippen LogP contribution in [0.15, 0.2) is 41.5 Å². The first kappa shape index (κ1) is 15.0. The number of ether oxygens (including phenoxy) is 2. The average Bonchev–Trinajstić information content (AvgIpc) is 3.06. The number of hydrogen-bond acceptors (Lipinski definition) is 6. The number of nitrogens with one attached hydrogen (secondary N) is 1. The van der Waals surface area contributed by atoms with E-state index in [0.717, 1.165) is 16.8 Å². The third-order valence-electron chi connectivity index (χ3n) is 3.87. The molecule has 1 atom stereocenters. The van der Waals surface area contributed by atoms with E-state index in [1.165, 1.54) is 6.07 Å². The molecule has 0 radical (unpaired) electrons. The Balaban J connectivity index is 1.80. The van der Waals surface area contributed by atoms with Crippen molar-refractivity contribution in [3.63, 3.8) is 0 Å². The highest BCUT2D eigenvalue weighted by molar-refractivity contribution is 6.02. The van der Waals surface area contributed by atoms with Crippen molar-refractivity contribution < 1.29 is 19.7 Å². The summed E-state index contributed by atoms with van der Waals surface area (Å²) in [5.41, 5.74) is 5.76. The molecule has 1 aliphatic heterocycles. The molecule has 1 aliphatic rings. The van der Waals surface area contributed by atoms with E-state index in [9.17, 15) is 10.2 Å². The Bertz CT molecular complexity index is 758. The molecular formula is C17H18N2O4. The number of phenolic OH excluding ortho intramolecular Hbond substituents is 2. The molecule has 0 fully saturated rings. The van der Waals surface area contributed by atoms with Crippen LogP contribution in [-0.4, -0.2) is 30.1 Å². The first-order chi connectivity index (χ1) is 11.1. The second-order valence-electron chi connectivity index (χ2n) is 5.26. The van der Waals surface area contributed by atoms with Crippen molar-refractivity contribution in [3.8, 4) is 23.0 Å². The van der Waals surface area contributed by atoms with Gasteiger partial charge in [0.25, 0.3) is 0 Å². The molecule has 1 heterocycles. The Morgan fingerprint density at radius 2 is 1.78 bits per heavy atom. The Labute approximate surface area is 134 Å². The van der Waals surface area contributed by atoms with E-state index in [0.29, 0.717) is 17.9 Å². The summed E-state index contributed by atoms with van der Waals surface area (Å²) in [4.78, 5) is 0. The number of rotatable bonds is 4. The van der Waals surface area contributed by atoms with Crippen LogP contribution in [0.4, 0.5) is 0 Å². The monoisotopic (exact) mass is 314 g/mol. The van der Waals surface area contributed by atoms with Gasteiger partial charge in [-0.2, -0.15) is 5.10 Å². The molecule has 120 valence electrons. The van der Waals surface area contributed by atoms with Gasteiger partial charge in [-0.05, 0) is 35.9 Å². The number of nitrogens with zero attached hydrogens (tertiary/aromatic N) is 1. The minimum absolute atomic E-state index is 0.0513. The van der Waals surface area contributed by atoms with E-state index in [2.05, 4.69) is 10.5 Å². The van der Waals surface area contributed by atoms with Gasteiger partial charge < -0.3 is 25.1 Å². The lowest BCUT2D eigenvalue weighted by Crippen LogP contribution is -2.09. The maximum atomic E-state index is 9.62. The number of aromatic hydroxyl groups is 2. The normalized spacial score (nSPS) is 16.6. The zero-order valence-corrected chi connectivity index (χ0v) is 12.9. The molecule has 3 rings (SSSR count). The fourth-order valence-corrected chi connectivity index (χ4v) is 2.59. The zero-order chi connectivity index (χ0) is 16.4. The molecule has 0 saturated heterocycles. The van der Waals surface area contributed by atoms with E-state index < -0.39 is 0 Å². The minimum Gasteiger partial charge on any atom is -0.504 e. The summed E-state index contributed by atoms with van der Waals surface area (Å²) in [5.74, 6) is 1.05. The van der Waals surface area contributed by atoms with Crippen molar-refractivity contribution in [3.05, 3.63) is 47.5 Å². The predicted molar refractivity (Wildman–Crippen MR) is 86.3 cm³/mol. The van der Waals surface area contributed by atoms with Gasteiger partial charge in [0.15, 0.2) is 23.0 Å². The third kappa shape index (κ3) is 2.88. The van der Waals surface area contributed by atoms with Gasteiger partial charge in [0.1, 0.15) is 0 Å². The highest BCUT2D eigenvalue weighted by atomic mass is 16.5. The maximum absolute atomic E-state index is 9.62. The summed E-state index contributed by atoms with van der Waals surface area (Å²) >= 11 is 0. The van der Waals surface area contributed by atoms with Crippen molar-refractivity contribution in [1.82, 2.24) is 5.43 Å². The molecule has 0 amide bonds. The minimum atomic E-state index is -0.135. The van der Waals surface area contributed by atoms with E-state index in [1.807, 2.05) is 18.2 Å². The summed E-state index contributed by atoms with van der Waals surface area (Å²) < 4.78 is 10.6. The van der Waals surface area contributed by atoms with Gasteiger partial charge in [-0.15, -0.1) is 0 Å². The second kappa shape index (κ2) is 6.08. The van der Waals surface area contributed by atoms with Crippen molar-refractivity contribution in [2.45, 2.75) is 12.5 Å².